The van der Waals surface area contributed by atoms with Gasteiger partial charge < -0.3 is 9.84 Å². The van der Waals surface area contributed by atoms with E-state index in [0.717, 1.165) is 0 Å². The zero-order chi connectivity index (χ0) is 12.2. The highest BCUT2D eigenvalue weighted by molar-refractivity contribution is 5.85. The zero-order valence-electron chi connectivity index (χ0n) is 9.73. The average Bonchev–Trinajstić information content (AvgIpc) is 2.32. The number of carboxylic acids is 1. The number of ether oxygens (including phenoxy) is 1. The fourth-order valence-electron chi connectivity index (χ4n) is 1.64. The molecule has 0 aromatic carbocycles. The standard InChI is InChI=1S/C11H16N2O3/c1-4-11(5-2,16-3)10-12-7-6-8(13-10)9(14)15/h6-7H,4-5H2,1-3H3,(H,14,15). The van der Waals surface area contributed by atoms with Crippen molar-refractivity contribution in [1.29, 1.82) is 0 Å². The van der Waals surface area contributed by atoms with Crippen LogP contribution in [0, 0.1) is 0 Å². The number of aromatic nitrogens is 2. The van der Waals surface area contributed by atoms with Gasteiger partial charge in [0, 0.05) is 13.3 Å². The third kappa shape index (κ3) is 2.19. The van der Waals surface area contributed by atoms with E-state index in [2.05, 4.69) is 9.97 Å². The molecule has 0 aliphatic carbocycles. The first-order chi connectivity index (χ1) is 7.59. The molecule has 0 atom stereocenters. The van der Waals surface area contributed by atoms with E-state index in [4.69, 9.17) is 9.84 Å². The zero-order valence-corrected chi connectivity index (χ0v) is 9.73. The van der Waals surface area contributed by atoms with Crippen LogP contribution < -0.4 is 0 Å². The lowest BCUT2D eigenvalue weighted by Crippen LogP contribution is -2.30. The van der Waals surface area contributed by atoms with E-state index in [-0.39, 0.29) is 5.69 Å². The molecule has 0 amide bonds. The molecular weight excluding hydrogens is 208 g/mol. The normalized spacial score (nSPS) is 11.4. The molecule has 0 spiro atoms. The largest absolute Gasteiger partial charge is 0.477 e. The molecule has 5 heteroatoms. The second-order valence-corrected chi connectivity index (χ2v) is 3.48. The summed E-state index contributed by atoms with van der Waals surface area (Å²) in [7, 11) is 1.59. The number of rotatable bonds is 5. The maximum Gasteiger partial charge on any atom is 0.354 e. The van der Waals surface area contributed by atoms with E-state index in [9.17, 15) is 4.79 Å². The number of hydrogen-bond acceptors (Lipinski definition) is 4. The van der Waals surface area contributed by atoms with E-state index < -0.39 is 11.6 Å². The summed E-state index contributed by atoms with van der Waals surface area (Å²) in [5.41, 5.74) is -0.598. The van der Waals surface area contributed by atoms with Gasteiger partial charge in [-0.2, -0.15) is 0 Å². The summed E-state index contributed by atoms with van der Waals surface area (Å²) in [5.74, 6) is -0.624. The van der Waals surface area contributed by atoms with Gasteiger partial charge >= 0.3 is 5.97 Å². The molecule has 0 radical (unpaired) electrons. The molecule has 0 saturated heterocycles. The van der Waals surface area contributed by atoms with Crippen LogP contribution in [0.1, 0.15) is 43.0 Å². The predicted molar refractivity (Wildman–Crippen MR) is 58.3 cm³/mol. The summed E-state index contributed by atoms with van der Waals surface area (Å²) in [6.45, 7) is 3.92. The van der Waals surface area contributed by atoms with Crippen molar-refractivity contribution < 1.29 is 14.6 Å². The SMILES string of the molecule is CCC(CC)(OC)c1nccc(C(=O)O)n1. The van der Waals surface area contributed by atoms with Gasteiger partial charge in [-0.3, -0.25) is 0 Å². The first-order valence-corrected chi connectivity index (χ1v) is 5.21. The van der Waals surface area contributed by atoms with Crippen LogP contribution in [0.5, 0.6) is 0 Å². The molecule has 1 heterocycles. The molecule has 0 saturated carbocycles. The second kappa shape index (κ2) is 5.03. The fourth-order valence-corrected chi connectivity index (χ4v) is 1.64. The fraction of sp³-hybridized carbons (Fsp3) is 0.545. The van der Waals surface area contributed by atoms with Crippen LogP contribution in [0.3, 0.4) is 0 Å². The molecule has 5 nitrogen and oxygen atoms in total. The lowest BCUT2D eigenvalue weighted by atomic mass is 9.96. The van der Waals surface area contributed by atoms with Crippen molar-refractivity contribution in [2.45, 2.75) is 32.3 Å². The van der Waals surface area contributed by atoms with Crippen molar-refractivity contribution in [1.82, 2.24) is 9.97 Å². The molecule has 0 fully saturated rings. The Morgan fingerprint density at radius 3 is 2.56 bits per heavy atom. The quantitative estimate of drug-likeness (QED) is 0.826. The number of carbonyl (C=O) groups is 1. The van der Waals surface area contributed by atoms with Crippen LogP contribution in [0.15, 0.2) is 12.3 Å². The third-order valence-corrected chi connectivity index (χ3v) is 2.82. The first kappa shape index (κ1) is 12.6. The van der Waals surface area contributed by atoms with Gasteiger partial charge in [-0.25, -0.2) is 14.8 Å². The molecule has 0 bridgehead atoms. The lowest BCUT2D eigenvalue weighted by Gasteiger charge is -2.28. The predicted octanol–water partition coefficient (Wildman–Crippen LogP) is 1.84. The highest BCUT2D eigenvalue weighted by Crippen LogP contribution is 2.29. The number of methoxy groups -OCH3 is 1. The van der Waals surface area contributed by atoms with E-state index >= 15 is 0 Å². The third-order valence-electron chi connectivity index (χ3n) is 2.82. The monoisotopic (exact) mass is 224 g/mol. The Hall–Kier alpha value is -1.49. The summed E-state index contributed by atoms with van der Waals surface area (Å²) < 4.78 is 5.44. The lowest BCUT2D eigenvalue weighted by molar-refractivity contribution is -0.0293. The van der Waals surface area contributed by atoms with E-state index in [1.807, 2.05) is 13.8 Å². The summed E-state index contributed by atoms with van der Waals surface area (Å²) >= 11 is 0. The average molecular weight is 224 g/mol. The molecule has 0 unspecified atom stereocenters. The molecule has 88 valence electrons. The van der Waals surface area contributed by atoms with Gasteiger partial charge in [0.2, 0.25) is 0 Å². The summed E-state index contributed by atoms with van der Waals surface area (Å²) in [5, 5.41) is 8.86. The van der Waals surface area contributed by atoms with Gasteiger partial charge in [0.1, 0.15) is 5.60 Å². The topological polar surface area (TPSA) is 72.3 Å². The highest BCUT2D eigenvalue weighted by atomic mass is 16.5. The molecule has 1 aromatic heterocycles. The Labute approximate surface area is 94.5 Å². The highest BCUT2D eigenvalue weighted by Gasteiger charge is 2.31. The molecule has 16 heavy (non-hydrogen) atoms. The molecule has 0 aliphatic rings. The Balaban J connectivity index is 3.20. The van der Waals surface area contributed by atoms with Gasteiger partial charge in [-0.1, -0.05) is 13.8 Å². The molecule has 0 aliphatic heterocycles. The first-order valence-electron chi connectivity index (χ1n) is 5.21. The molecule has 1 rings (SSSR count). The molecule has 1 N–H and O–H groups in total. The van der Waals surface area contributed by atoms with Gasteiger partial charge in [0.25, 0.3) is 0 Å². The Morgan fingerprint density at radius 1 is 1.50 bits per heavy atom. The number of nitrogens with zero attached hydrogens (tertiary/aromatic N) is 2. The van der Waals surface area contributed by atoms with Crippen molar-refractivity contribution in [2.75, 3.05) is 7.11 Å². The van der Waals surface area contributed by atoms with Gasteiger partial charge in [0.15, 0.2) is 11.5 Å². The second-order valence-electron chi connectivity index (χ2n) is 3.48. The van der Waals surface area contributed by atoms with Crippen LogP contribution in [0.25, 0.3) is 0 Å². The van der Waals surface area contributed by atoms with Crippen molar-refractivity contribution in [3.8, 4) is 0 Å². The van der Waals surface area contributed by atoms with Crippen LogP contribution in [-0.2, 0) is 10.3 Å². The maximum atomic E-state index is 10.8. The summed E-state index contributed by atoms with van der Waals surface area (Å²) in [4.78, 5) is 18.9. The van der Waals surface area contributed by atoms with E-state index in [1.54, 1.807) is 7.11 Å². The minimum Gasteiger partial charge on any atom is -0.477 e. The van der Waals surface area contributed by atoms with Crippen molar-refractivity contribution in [3.63, 3.8) is 0 Å². The van der Waals surface area contributed by atoms with Crippen LogP contribution in [-0.4, -0.2) is 28.2 Å². The van der Waals surface area contributed by atoms with Crippen LogP contribution >= 0.6 is 0 Å². The van der Waals surface area contributed by atoms with Crippen molar-refractivity contribution >= 4 is 5.97 Å². The molecular formula is C11H16N2O3. The van der Waals surface area contributed by atoms with Crippen LogP contribution in [0.4, 0.5) is 0 Å². The van der Waals surface area contributed by atoms with Gasteiger partial charge in [-0.15, -0.1) is 0 Å². The van der Waals surface area contributed by atoms with E-state index in [0.29, 0.717) is 18.7 Å². The van der Waals surface area contributed by atoms with Crippen molar-refractivity contribution in [3.05, 3.63) is 23.8 Å². The minimum atomic E-state index is -1.05. The van der Waals surface area contributed by atoms with Gasteiger partial charge in [0.05, 0.1) is 0 Å². The number of aromatic carboxylic acids is 1. The minimum absolute atomic E-state index is 0.00618. The van der Waals surface area contributed by atoms with Crippen molar-refractivity contribution in [2.24, 2.45) is 0 Å². The van der Waals surface area contributed by atoms with Crippen LogP contribution in [0.2, 0.25) is 0 Å². The Kier molecular flexibility index (Phi) is 3.95. The smallest absolute Gasteiger partial charge is 0.354 e. The summed E-state index contributed by atoms with van der Waals surface area (Å²) in [6, 6.07) is 1.37. The molecule has 1 aromatic rings. The Morgan fingerprint density at radius 2 is 2.12 bits per heavy atom. The van der Waals surface area contributed by atoms with Gasteiger partial charge in [-0.05, 0) is 18.9 Å². The number of hydrogen-bond donors (Lipinski definition) is 1. The van der Waals surface area contributed by atoms with E-state index in [1.165, 1.54) is 12.3 Å². The number of carboxylic acid groups (broad SMARTS) is 1. The summed E-state index contributed by atoms with van der Waals surface area (Å²) in [6.07, 6.45) is 2.84. The maximum absolute atomic E-state index is 10.8. The Bertz CT molecular complexity index is 367.